The Bertz CT molecular complexity index is 694. The van der Waals surface area contributed by atoms with Crippen LogP contribution in [0.4, 0.5) is 0 Å². The quantitative estimate of drug-likeness (QED) is 0.797. The average Bonchev–Trinajstić information content (AvgIpc) is 2.99. The fourth-order valence-electron chi connectivity index (χ4n) is 2.15. The van der Waals surface area contributed by atoms with Crippen molar-refractivity contribution in [2.24, 2.45) is 5.73 Å². The lowest BCUT2D eigenvalue weighted by Crippen LogP contribution is -2.10. The van der Waals surface area contributed by atoms with E-state index in [2.05, 4.69) is 51.2 Å². The molecular formula is C14H16N4S. The van der Waals surface area contributed by atoms with Gasteiger partial charge in [0.1, 0.15) is 0 Å². The molecule has 1 unspecified atom stereocenters. The molecule has 0 bridgehead atoms. The molecule has 5 heteroatoms. The molecule has 2 heterocycles. The van der Waals surface area contributed by atoms with Gasteiger partial charge in [0.25, 0.3) is 0 Å². The van der Waals surface area contributed by atoms with E-state index in [9.17, 15) is 0 Å². The fraction of sp³-hybridized carbons (Fsp3) is 0.286. The van der Waals surface area contributed by atoms with Gasteiger partial charge in [-0.2, -0.15) is 0 Å². The van der Waals surface area contributed by atoms with E-state index in [-0.39, 0.29) is 6.04 Å². The van der Waals surface area contributed by atoms with Gasteiger partial charge in [0.05, 0.1) is 11.7 Å². The summed E-state index contributed by atoms with van der Waals surface area (Å²) in [4.78, 5) is 0.891. The standard InChI is InChI=1S/C14H16N4S/c1-3-10-4-6-11(7-5-10)12-8-19-14-17-16-13(9(2)15)18(12)14/h4-9H,3,15H2,1-2H3. The lowest BCUT2D eigenvalue weighted by molar-refractivity contribution is 0.729. The van der Waals surface area contributed by atoms with Crippen LogP contribution in [0.15, 0.2) is 29.6 Å². The zero-order valence-corrected chi connectivity index (χ0v) is 11.8. The van der Waals surface area contributed by atoms with Crippen LogP contribution in [0.1, 0.15) is 31.3 Å². The zero-order valence-electron chi connectivity index (χ0n) is 11.0. The van der Waals surface area contributed by atoms with Crippen molar-refractivity contribution in [1.29, 1.82) is 0 Å². The highest BCUT2D eigenvalue weighted by atomic mass is 32.1. The van der Waals surface area contributed by atoms with Crippen molar-refractivity contribution >= 4 is 16.3 Å². The third kappa shape index (κ3) is 2.05. The van der Waals surface area contributed by atoms with Gasteiger partial charge in [-0.1, -0.05) is 31.2 Å². The first-order valence-corrected chi connectivity index (χ1v) is 7.26. The van der Waals surface area contributed by atoms with Crippen LogP contribution in [-0.2, 0) is 6.42 Å². The van der Waals surface area contributed by atoms with Crippen molar-refractivity contribution in [2.75, 3.05) is 0 Å². The van der Waals surface area contributed by atoms with E-state index in [1.807, 2.05) is 6.92 Å². The van der Waals surface area contributed by atoms with E-state index in [4.69, 9.17) is 5.73 Å². The molecule has 0 saturated carbocycles. The van der Waals surface area contributed by atoms with E-state index in [0.29, 0.717) is 0 Å². The molecule has 0 spiro atoms. The lowest BCUT2D eigenvalue weighted by Gasteiger charge is -2.06. The van der Waals surface area contributed by atoms with Crippen molar-refractivity contribution in [2.45, 2.75) is 26.3 Å². The summed E-state index contributed by atoms with van der Waals surface area (Å²) in [5.74, 6) is 0.811. The maximum absolute atomic E-state index is 5.96. The SMILES string of the molecule is CCc1ccc(-c2csc3nnc(C(C)N)n23)cc1. The second kappa shape index (κ2) is 4.75. The molecule has 0 aliphatic heterocycles. The monoisotopic (exact) mass is 272 g/mol. The summed E-state index contributed by atoms with van der Waals surface area (Å²) in [6.45, 7) is 4.09. The summed E-state index contributed by atoms with van der Waals surface area (Å²) in [5, 5.41) is 10.5. The van der Waals surface area contributed by atoms with Crippen LogP contribution < -0.4 is 5.73 Å². The van der Waals surface area contributed by atoms with Crippen LogP contribution in [0.3, 0.4) is 0 Å². The second-order valence-electron chi connectivity index (χ2n) is 4.64. The van der Waals surface area contributed by atoms with E-state index in [1.54, 1.807) is 11.3 Å². The summed E-state index contributed by atoms with van der Waals surface area (Å²) in [7, 11) is 0. The maximum Gasteiger partial charge on any atom is 0.216 e. The number of hydrogen-bond donors (Lipinski definition) is 1. The Morgan fingerprint density at radius 1 is 1.26 bits per heavy atom. The molecule has 98 valence electrons. The lowest BCUT2D eigenvalue weighted by atomic mass is 10.1. The molecule has 1 aromatic carbocycles. The first-order chi connectivity index (χ1) is 9.20. The second-order valence-corrected chi connectivity index (χ2v) is 5.47. The highest BCUT2D eigenvalue weighted by Crippen LogP contribution is 2.28. The Morgan fingerprint density at radius 3 is 2.63 bits per heavy atom. The van der Waals surface area contributed by atoms with E-state index >= 15 is 0 Å². The number of fused-ring (bicyclic) bond motifs is 1. The van der Waals surface area contributed by atoms with Gasteiger partial charge >= 0.3 is 0 Å². The predicted molar refractivity (Wildman–Crippen MR) is 78.3 cm³/mol. The van der Waals surface area contributed by atoms with Gasteiger partial charge in [0.2, 0.25) is 4.96 Å². The molecule has 2 N–H and O–H groups in total. The largest absolute Gasteiger partial charge is 0.322 e. The third-order valence-electron chi connectivity index (χ3n) is 3.24. The molecule has 0 aliphatic rings. The van der Waals surface area contributed by atoms with Crippen molar-refractivity contribution in [1.82, 2.24) is 14.6 Å². The molecule has 3 aromatic rings. The van der Waals surface area contributed by atoms with Crippen LogP contribution in [0, 0.1) is 0 Å². The highest BCUT2D eigenvalue weighted by molar-refractivity contribution is 7.15. The fourth-order valence-corrected chi connectivity index (χ4v) is 2.99. The van der Waals surface area contributed by atoms with Crippen LogP contribution >= 0.6 is 11.3 Å². The smallest absolute Gasteiger partial charge is 0.216 e. The zero-order chi connectivity index (χ0) is 13.4. The topological polar surface area (TPSA) is 56.2 Å². The number of rotatable bonds is 3. The summed E-state index contributed by atoms with van der Waals surface area (Å²) >= 11 is 1.59. The first kappa shape index (κ1) is 12.3. The average molecular weight is 272 g/mol. The molecule has 1 atom stereocenters. The molecule has 2 aromatic heterocycles. The Balaban J connectivity index is 2.15. The number of hydrogen-bond acceptors (Lipinski definition) is 4. The highest BCUT2D eigenvalue weighted by Gasteiger charge is 2.15. The van der Waals surface area contributed by atoms with Gasteiger partial charge in [-0.05, 0) is 24.5 Å². The van der Waals surface area contributed by atoms with Gasteiger partial charge in [-0.15, -0.1) is 21.5 Å². The number of nitrogens with zero attached hydrogens (tertiary/aromatic N) is 3. The normalized spacial score (nSPS) is 13.0. The van der Waals surface area contributed by atoms with Gasteiger partial charge in [-0.3, -0.25) is 4.40 Å². The van der Waals surface area contributed by atoms with Gasteiger partial charge in [0.15, 0.2) is 5.82 Å². The van der Waals surface area contributed by atoms with Crippen LogP contribution in [0.5, 0.6) is 0 Å². The molecular weight excluding hydrogens is 256 g/mol. The summed E-state index contributed by atoms with van der Waals surface area (Å²) in [5.41, 5.74) is 9.58. The Hall–Kier alpha value is -1.72. The number of nitrogens with two attached hydrogens (primary N) is 1. The molecule has 19 heavy (non-hydrogen) atoms. The van der Waals surface area contributed by atoms with Crippen molar-refractivity contribution in [3.05, 3.63) is 41.0 Å². The molecule has 0 radical (unpaired) electrons. The van der Waals surface area contributed by atoms with Crippen LogP contribution in [-0.4, -0.2) is 14.6 Å². The summed E-state index contributed by atoms with van der Waals surface area (Å²) in [6, 6.07) is 8.48. The molecule has 0 aliphatic carbocycles. The third-order valence-corrected chi connectivity index (χ3v) is 4.06. The maximum atomic E-state index is 5.96. The molecule has 0 fully saturated rings. The van der Waals surface area contributed by atoms with E-state index in [0.717, 1.165) is 22.9 Å². The molecule has 0 saturated heterocycles. The van der Waals surface area contributed by atoms with Crippen LogP contribution in [0.25, 0.3) is 16.2 Å². The molecule has 4 nitrogen and oxygen atoms in total. The minimum atomic E-state index is -0.127. The predicted octanol–water partition coefficient (Wildman–Crippen LogP) is 3.04. The molecule has 3 rings (SSSR count). The minimum Gasteiger partial charge on any atom is -0.322 e. The molecule has 0 amide bonds. The van der Waals surface area contributed by atoms with Crippen molar-refractivity contribution < 1.29 is 0 Å². The Labute approximate surface area is 115 Å². The van der Waals surface area contributed by atoms with Crippen molar-refractivity contribution in [3.8, 4) is 11.3 Å². The number of aryl methyl sites for hydroxylation is 1. The Morgan fingerprint density at radius 2 is 2.00 bits per heavy atom. The van der Waals surface area contributed by atoms with Crippen molar-refractivity contribution in [3.63, 3.8) is 0 Å². The van der Waals surface area contributed by atoms with Crippen LogP contribution in [0.2, 0.25) is 0 Å². The number of aromatic nitrogens is 3. The summed E-state index contributed by atoms with van der Waals surface area (Å²) < 4.78 is 2.05. The summed E-state index contributed by atoms with van der Waals surface area (Å²) in [6.07, 6.45) is 1.05. The van der Waals surface area contributed by atoms with E-state index in [1.165, 1.54) is 11.1 Å². The van der Waals surface area contributed by atoms with Gasteiger partial charge in [-0.25, -0.2) is 0 Å². The first-order valence-electron chi connectivity index (χ1n) is 6.38. The number of benzene rings is 1. The number of thiazole rings is 1. The van der Waals surface area contributed by atoms with E-state index < -0.39 is 0 Å². The minimum absolute atomic E-state index is 0.127. The van der Waals surface area contributed by atoms with Gasteiger partial charge < -0.3 is 5.73 Å². The Kier molecular flexibility index (Phi) is 3.08. The van der Waals surface area contributed by atoms with Gasteiger partial charge in [0, 0.05) is 5.38 Å².